The van der Waals surface area contributed by atoms with Crippen molar-refractivity contribution >= 4 is 0 Å². The molecule has 4 nitrogen and oxygen atoms in total. The van der Waals surface area contributed by atoms with Crippen molar-refractivity contribution in [3.8, 4) is 11.5 Å². The van der Waals surface area contributed by atoms with Crippen LogP contribution in [0.4, 0.5) is 0 Å². The first kappa shape index (κ1) is 17.5. The van der Waals surface area contributed by atoms with Crippen LogP contribution in [0, 0.1) is 0 Å². The van der Waals surface area contributed by atoms with Crippen LogP contribution >= 0.6 is 0 Å². The third-order valence-corrected chi connectivity index (χ3v) is 2.32. The van der Waals surface area contributed by atoms with Crippen LogP contribution in [0.1, 0.15) is 11.1 Å². The number of aliphatic hydroxyl groups excluding tert-OH is 2. The number of rotatable bonds is 2. The van der Waals surface area contributed by atoms with E-state index in [-0.39, 0.29) is 41.8 Å². The number of benzene rings is 2. The maximum Gasteiger partial charge on any atom is 0.121 e. The fourth-order valence-corrected chi connectivity index (χ4v) is 1.29. The predicted octanol–water partition coefficient (Wildman–Crippen LogP) is 1.77. The summed E-state index contributed by atoms with van der Waals surface area (Å²) in [7, 11) is 0. The van der Waals surface area contributed by atoms with Gasteiger partial charge in [-0.1, -0.05) is 36.4 Å². The molecule has 107 valence electrons. The molecular formula is C14H16CuO4. The van der Waals surface area contributed by atoms with Crippen LogP contribution in [0.5, 0.6) is 11.5 Å². The van der Waals surface area contributed by atoms with Crippen molar-refractivity contribution in [2.75, 3.05) is 0 Å². The van der Waals surface area contributed by atoms with Crippen LogP contribution < -0.4 is 0 Å². The average molecular weight is 312 g/mol. The molecule has 0 atom stereocenters. The van der Waals surface area contributed by atoms with Crippen molar-refractivity contribution in [3.05, 3.63) is 59.7 Å². The van der Waals surface area contributed by atoms with Gasteiger partial charge in [0.15, 0.2) is 0 Å². The van der Waals surface area contributed by atoms with Crippen molar-refractivity contribution in [1.82, 2.24) is 0 Å². The molecule has 0 saturated carbocycles. The molecule has 1 radical (unpaired) electrons. The van der Waals surface area contributed by atoms with Crippen LogP contribution in [0.25, 0.3) is 0 Å². The Labute approximate surface area is 122 Å². The van der Waals surface area contributed by atoms with Gasteiger partial charge in [-0.05, 0) is 12.1 Å². The molecule has 0 bridgehead atoms. The first-order chi connectivity index (χ1) is 8.69. The number of aliphatic hydroxyl groups is 2. The van der Waals surface area contributed by atoms with Crippen molar-refractivity contribution < 1.29 is 37.5 Å². The molecular weight excluding hydrogens is 296 g/mol. The molecule has 5 heteroatoms. The van der Waals surface area contributed by atoms with E-state index in [1.165, 1.54) is 0 Å². The molecule has 0 amide bonds. The van der Waals surface area contributed by atoms with E-state index in [1.807, 2.05) is 0 Å². The largest absolute Gasteiger partial charge is 0.508 e. The van der Waals surface area contributed by atoms with Gasteiger partial charge in [-0.2, -0.15) is 0 Å². The fraction of sp³-hybridized carbons (Fsp3) is 0.143. The standard InChI is InChI=1S/2C7H8O2.Cu/c2*8-5-6-3-1-2-4-7(6)9;/h2*1-4,8-9H,5H2;. The van der Waals surface area contributed by atoms with E-state index in [0.717, 1.165) is 0 Å². The minimum absolute atomic E-state index is 0. The Hall–Kier alpha value is -1.52. The van der Waals surface area contributed by atoms with Crippen molar-refractivity contribution in [1.29, 1.82) is 0 Å². The topological polar surface area (TPSA) is 80.9 Å². The zero-order chi connectivity index (χ0) is 13.4. The van der Waals surface area contributed by atoms with Gasteiger partial charge >= 0.3 is 0 Å². The normalized spacial score (nSPS) is 8.95. The summed E-state index contributed by atoms with van der Waals surface area (Å²) in [5.41, 5.74) is 1.13. The fourth-order valence-electron chi connectivity index (χ4n) is 1.29. The van der Waals surface area contributed by atoms with Gasteiger partial charge in [-0.15, -0.1) is 0 Å². The van der Waals surface area contributed by atoms with Gasteiger partial charge in [0, 0.05) is 28.2 Å². The smallest absolute Gasteiger partial charge is 0.121 e. The zero-order valence-corrected chi connectivity index (χ0v) is 11.1. The summed E-state index contributed by atoms with van der Waals surface area (Å²) in [6.45, 7) is -0.209. The second-order valence-corrected chi connectivity index (χ2v) is 3.57. The SMILES string of the molecule is OCc1ccccc1O.OCc1ccccc1O.[Cu]. The second-order valence-electron chi connectivity index (χ2n) is 3.57. The van der Waals surface area contributed by atoms with Crippen LogP contribution in [0.15, 0.2) is 48.5 Å². The minimum Gasteiger partial charge on any atom is -0.508 e. The summed E-state index contributed by atoms with van der Waals surface area (Å²) < 4.78 is 0. The molecule has 2 rings (SSSR count). The molecule has 0 aliphatic rings. The van der Waals surface area contributed by atoms with E-state index in [1.54, 1.807) is 48.5 Å². The molecule has 0 saturated heterocycles. The van der Waals surface area contributed by atoms with Gasteiger partial charge in [0.05, 0.1) is 13.2 Å². The Morgan fingerprint density at radius 1 is 0.632 bits per heavy atom. The van der Waals surface area contributed by atoms with Crippen molar-refractivity contribution in [2.24, 2.45) is 0 Å². The molecule has 2 aromatic rings. The summed E-state index contributed by atoms with van der Waals surface area (Å²) in [5.74, 6) is 0.306. The Kier molecular flexibility index (Phi) is 8.66. The molecule has 2 aromatic carbocycles. The van der Waals surface area contributed by atoms with E-state index < -0.39 is 0 Å². The van der Waals surface area contributed by atoms with Gasteiger partial charge in [-0.3, -0.25) is 0 Å². The average Bonchev–Trinajstić information content (AvgIpc) is 2.41. The quantitative estimate of drug-likeness (QED) is 0.637. The molecule has 0 heterocycles. The number of aromatic hydroxyl groups is 2. The van der Waals surface area contributed by atoms with E-state index in [9.17, 15) is 0 Å². The summed E-state index contributed by atoms with van der Waals surface area (Å²) >= 11 is 0. The third-order valence-electron chi connectivity index (χ3n) is 2.32. The van der Waals surface area contributed by atoms with Crippen LogP contribution in [0.3, 0.4) is 0 Å². The number of hydrogen-bond donors (Lipinski definition) is 4. The zero-order valence-electron chi connectivity index (χ0n) is 10.1. The summed E-state index contributed by atoms with van der Waals surface area (Å²) in [5, 5.41) is 35.0. The summed E-state index contributed by atoms with van der Waals surface area (Å²) in [6.07, 6.45) is 0. The summed E-state index contributed by atoms with van der Waals surface area (Å²) in [6, 6.07) is 13.4. The van der Waals surface area contributed by atoms with Crippen molar-refractivity contribution in [2.45, 2.75) is 13.2 Å². The molecule has 19 heavy (non-hydrogen) atoms. The molecule has 0 unspecified atom stereocenters. The maximum absolute atomic E-state index is 8.95. The van der Waals surface area contributed by atoms with Crippen molar-refractivity contribution in [3.63, 3.8) is 0 Å². The number of para-hydroxylation sites is 2. The predicted molar refractivity (Wildman–Crippen MR) is 68.1 cm³/mol. The van der Waals surface area contributed by atoms with Crippen LogP contribution in [0.2, 0.25) is 0 Å². The molecule has 0 aromatic heterocycles. The van der Waals surface area contributed by atoms with E-state index >= 15 is 0 Å². The Bertz CT molecular complexity index is 443. The van der Waals surface area contributed by atoms with E-state index in [4.69, 9.17) is 20.4 Å². The third kappa shape index (κ3) is 5.77. The molecule has 0 fully saturated rings. The Morgan fingerprint density at radius 3 is 1.16 bits per heavy atom. The van der Waals surface area contributed by atoms with Crippen LogP contribution in [-0.2, 0) is 30.3 Å². The minimum atomic E-state index is -0.104. The number of phenols is 2. The molecule has 0 spiro atoms. The van der Waals surface area contributed by atoms with Crippen LogP contribution in [-0.4, -0.2) is 20.4 Å². The molecule has 0 aliphatic carbocycles. The van der Waals surface area contributed by atoms with Gasteiger partial charge < -0.3 is 20.4 Å². The van der Waals surface area contributed by atoms with Gasteiger partial charge in [0.25, 0.3) is 0 Å². The van der Waals surface area contributed by atoms with E-state index in [2.05, 4.69) is 0 Å². The maximum atomic E-state index is 8.95. The molecule has 4 N–H and O–H groups in total. The number of hydrogen-bond acceptors (Lipinski definition) is 4. The van der Waals surface area contributed by atoms with Gasteiger partial charge in [0.1, 0.15) is 11.5 Å². The first-order valence-electron chi connectivity index (χ1n) is 5.44. The monoisotopic (exact) mass is 311 g/mol. The Balaban J connectivity index is 0.000000324. The second kappa shape index (κ2) is 9.41. The Morgan fingerprint density at radius 2 is 0.947 bits per heavy atom. The van der Waals surface area contributed by atoms with E-state index in [0.29, 0.717) is 11.1 Å². The van der Waals surface area contributed by atoms with Gasteiger partial charge in [-0.25, -0.2) is 0 Å². The first-order valence-corrected chi connectivity index (χ1v) is 5.44. The van der Waals surface area contributed by atoms with Gasteiger partial charge in [0.2, 0.25) is 0 Å². The summed E-state index contributed by atoms with van der Waals surface area (Å²) in [4.78, 5) is 0. The molecule has 0 aliphatic heterocycles.